The quantitative estimate of drug-likeness (QED) is 0.818. The van der Waals surface area contributed by atoms with Crippen LogP contribution in [0.2, 0.25) is 0 Å². The van der Waals surface area contributed by atoms with E-state index >= 15 is 0 Å². The molecule has 0 heterocycles. The lowest BCUT2D eigenvalue weighted by molar-refractivity contribution is -0.0366. The number of amides is 1. The Bertz CT molecular complexity index is 728. The molecule has 1 amide bonds. The molecule has 1 saturated carbocycles. The number of nitrogens with one attached hydrogen (secondary N) is 1. The van der Waals surface area contributed by atoms with Gasteiger partial charge >= 0.3 is 0 Å². The van der Waals surface area contributed by atoms with Crippen LogP contribution in [0.1, 0.15) is 44.5 Å². The van der Waals surface area contributed by atoms with Gasteiger partial charge in [0, 0.05) is 17.3 Å². The van der Waals surface area contributed by atoms with Crippen molar-refractivity contribution >= 4 is 11.6 Å². The van der Waals surface area contributed by atoms with E-state index in [2.05, 4.69) is 33.0 Å². The van der Waals surface area contributed by atoms with Crippen LogP contribution in [0.4, 0.5) is 5.69 Å². The molecule has 3 rings (SSSR count). The number of hydrogen-bond acceptors (Lipinski definition) is 2. The summed E-state index contributed by atoms with van der Waals surface area (Å²) in [7, 11) is 0. The van der Waals surface area contributed by atoms with Crippen LogP contribution in [0.15, 0.2) is 48.5 Å². The van der Waals surface area contributed by atoms with Gasteiger partial charge in [0.25, 0.3) is 5.91 Å². The summed E-state index contributed by atoms with van der Waals surface area (Å²) in [5.74, 6) is 0.00436. The first-order valence-corrected chi connectivity index (χ1v) is 8.46. The van der Waals surface area contributed by atoms with Gasteiger partial charge in [-0.1, -0.05) is 52.0 Å². The lowest BCUT2D eigenvalue weighted by atomic mass is 9.52. The maximum absolute atomic E-state index is 12.6. The number of hydrogen-bond donors (Lipinski definition) is 2. The molecule has 0 aromatic heterocycles. The fourth-order valence-electron chi connectivity index (χ4n) is 4.40. The van der Waals surface area contributed by atoms with Crippen LogP contribution in [0, 0.1) is 10.8 Å². The minimum absolute atomic E-state index is 0.00436. The van der Waals surface area contributed by atoms with Gasteiger partial charge in [0.05, 0.1) is 0 Å². The van der Waals surface area contributed by atoms with E-state index in [-0.39, 0.29) is 22.8 Å². The average molecular weight is 322 g/mol. The number of nitrogen functional groups attached to an aromatic ring is 1. The van der Waals surface area contributed by atoms with Crippen LogP contribution >= 0.6 is 0 Å². The van der Waals surface area contributed by atoms with Gasteiger partial charge in [-0.05, 0) is 52.6 Å². The zero-order valence-corrected chi connectivity index (χ0v) is 14.9. The zero-order valence-electron chi connectivity index (χ0n) is 14.9. The number of carbonyl (C=O) groups is 1. The van der Waals surface area contributed by atoms with Gasteiger partial charge in [-0.3, -0.25) is 4.79 Å². The van der Waals surface area contributed by atoms with Crippen molar-refractivity contribution in [2.75, 3.05) is 5.73 Å². The summed E-state index contributed by atoms with van der Waals surface area (Å²) in [6.45, 7) is 8.86. The molecule has 0 spiro atoms. The molecule has 2 aromatic carbocycles. The minimum Gasteiger partial charge on any atom is -0.399 e. The molecule has 3 nitrogen and oxygen atoms in total. The molecular formula is C21H26N2O. The highest BCUT2D eigenvalue weighted by Gasteiger charge is 2.53. The molecule has 1 fully saturated rings. The predicted octanol–water partition coefficient (Wildman–Crippen LogP) is 4.49. The normalized spacial score (nSPS) is 18.7. The Morgan fingerprint density at radius 2 is 1.38 bits per heavy atom. The average Bonchev–Trinajstić information content (AvgIpc) is 2.52. The Morgan fingerprint density at radius 3 is 1.83 bits per heavy atom. The van der Waals surface area contributed by atoms with Crippen molar-refractivity contribution in [2.45, 2.75) is 40.2 Å². The molecule has 126 valence electrons. The fourth-order valence-corrected chi connectivity index (χ4v) is 4.40. The Hall–Kier alpha value is -2.29. The summed E-state index contributed by atoms with van der Waals surface area (Å²) < 4.78 is 0. The molecule has 3 N–H and O–H groups in total. The van der Waals surface area contributed by atoms with Crippen LogP contribution in [-0.4, -0.2) is 11.9 Å². The molecule has 0 aliphatic heterocycles. The third kappa shape index (κ3) is 3.03. The Kier molecular flexibility index (Phi) is 3.90. The van der Waals surface area contributed by atoms with Crippen LogP contribution in [0.3, 0.4) is 0 Å². The van der Waals surface area contributed by atoms with E-state index in [4.69, 9.17) is 5.73 Å². The number of rotatable bonds is 3. The second-order valence-electron chi connectivity index (χ2n) is 8.26. The van der Waals surface area contributed by atoms with Crippen LogP contribution in [0.5, 0.6) is 0 Å². The predicted molar refractivity (Wildman–Crippen MR) is 99.7 cm³/mol. The Balaban J connectivity index is 1.74. The fraction of sp³-hybridized carbons (Fsp3) is 0.381. The summed E-state index contributed by atoms with van der Waals surface area (Å²) in [5.41, 5.74) is 9.66. The van der Waals surface area contributed by atoms with Crippen molar-refractivity contribution in [1.82, 2.24) is 5.32 Å². The maximum Gasteiger partial charge on any atom is 0.251 e. The zero-order chi connectivity index (χ0) is 17.5. The maximum atomic E-state index is 12.6. The molecule has 3 heteroatoms. The molecule has 1 aliphatic carbocycles. The van der Waals surface area contributed by atoms with Crippen molar-refractivity contribution in [2.24, 2.45) is 10.8 Å². The van der Waals surface area contributed by atoms with Gasteiger partial charge in [0.2, 0.25) is 0 Å². The standard InChI is InChI=1S/C21H26N2O/c1-20(2)13-21(3,4)19(20)23-18(24)16-7-5-14(6-8-16)15-9-11-17(22)12-10-15/h5-12,19H,13,22H2,1-4H3,(H,23,24). The third-order valence-corrected chi connectivity index (χ3v) is 5.14. The highest BCUT2D eigenvalue weighted by atomic mass is 16.1. The Morgan fingerprint density at radius 1 is 0.917 bits per heavy atom. The molecule has 2 aromatic rings. The molecule has 0 saturated heterocycles. The van der Waals surface area contributed by atoms with E-state index in [0.29, 0.717) is 5.56 Å². The molecule has 0 radical (unpaired) electrons. The van der Waals surface area contributed by atoms with E-state index in [1.807, 2.05) is 48.5 Å². The van der Waals surface area contributed by atoms with Gasteiger partial charge in [-0.25, -0.2) is 0 Å². The van der Waals surface area contributed by atoms with Crippen LogP contribution < -0.4 is 11.1 Å². The molecule has 24 heavy (non-hydrogen) atoms. The number of anilines is 1. The largest absolute Gasteiger partial charge is 0.399 e. The van der Waals surface area contributed by atoms with Crippen molar-refractivity contribution in [1.29, 1.82) is 0 Å². The van der Waals surface area contributed by atoms with E-state index in [9.17, 15) is 4.79 Å². The van der Waals surface area contributed by atoms with E-state index in [0.717, 1.165) is 23.2 Å². The lowest BCUT2D eigenvalue weighted by Crippen LogP contribution is -2.63. The summed E-state index contributed by atoms with van der Waals surface area (Å²) in [5, 5.41) is 3.22. The second-order valence-corrected chi connectivity index (χ2v) is 8.26. The van der Waals surface area contributed by atoms with Crippen LogP contribution in [-0.2, 0) is 0 Å². The molecule has 0 bridgehead atoms. The molecule has 1 aliphatic rings. The van der Waals surface area contributed by atoms with Crippen LogP contribution in [0.25, 0.3) is 11.1 Å². The Labute approximate surface area is 144 Å². The summed E-state index contributed by atoms with van der Waals surface area (Å²) in [6.07, 6.45) is 1.13. The topological polar surface area (TPSA) is 55.1 Å². The van der Waals surface area contributed by atoms with Crippen molar-refractivity contribution in [3.8, 4) is 11.1 Å². The van der Waals surface area contributed by atoms with E-state index in [1.165, 1.54) is 0 Å². The molecular weight excluding hydrogens is 296 g/mol. The van der Waals surface area contributed by atoms with Crippen molar-refractivity contribution in [3.05, 3.63) is 54.1 Å². The first-order valence-electron chi connectivity index (χ1n) is 8.46. The van der Waals surface area contributed by atoms with Gasteiger partial charge in [0.1, 0.15) is 0 Å². The first-order chi connectivity index (χ1) is 11.2. The summed E-state index contributed by atoms with van der Waals surface area (Å²) >= 11 is 0. The summed E-state index contributed by atoms with van der Waals surface area (Å²) in [4.78, 5) is 12.6. The SMILES string of the molecule is CC1(C)CC(C)(C)C1NC(=O)c1ccc(-c2ccc(N)cc2)cc1. The number of nitrogens with two attached hydrogens (primary N) is 1. The van der Waals surface area contributed by atoms with E-state index < -0.39 is 0 Å². The van der Waals surface area contributed by atoms with Gasteiger partial charge in [0.15, 0.2) is 0 Å². The number of carbonyl (C=O) groups excluding carboxylic acids is 1. The van der Waals surface area contributed by atoms with Crippen molar-refractivity contribution in [3.63, 3.8) is 0 Å². The minimum atomic E-state index is 0.00436. The van der Waals surface area contributed by atoms with Gasteiger partial charge < -0.3 is 11.1 Å². The van der Waals surface area contributed by atoms with E-state index in [1.54, 1.807) is 0 Å². The smallest absolute Gasteiger partial charge is 0.251 e. The summed E-state index contributed by atoms with van der Waals surface area (Å²) in [6, 6.07) is 15.7. The monoisotopic (exact) mass is 322 g/mol. The number of benzene rings is 2. The third-order valence-electron chi connectivity index (χ3n) is 5.14. The molecule has 0 unspecified atom stereocenters. The van der Waals surface area contributed by atoms with Gasteiger partial charge in [-0.15, -0.1) is 0 Å². The van der Waals surface area contributed by atoms with Gasteiger partial charge in [-0.2, -0.15) is 0 Å². The highest BCUT2D eigenvalue weighted by molar-refractivity contribution is 5.95. The van der Waals surface area contributed by atoms with Crippen molar-refractivity contribution < 1.29 is 4.79 Å². The second kappa shape index (κ2) is 5.66. The highest BCUT2D eigenvalue weighted by Crippen LogP contribution is 2.53. The lowest BCUT2D eigenvalue weighted by Gasteiger charge is -2.57. The first kappa shape index (κ1) is 16.6. The molecule has 0 atom stereocenters.